The van der Waals surface area contributed by atoms with Gasteiger partial charge in [-0.25, -0.2) is 0 Å². The largest absolute Gasteiger partial charge is 0.480 e. The number of alkyl halides is 3. The van der Waals surface area contributed by atoms with Gasteiger partial charge in [0, 0.05) is 6.04 Å². The summed E-state index contributed by atoms with van der Waals surface area (Å²) < 4.78 is 37.6. The molecule has 1 N–H and O–H groups in total. The molecule has 8 heteroatoms. The first-order valence-electron chi connectivity index (χ1n) is 5.58. The maximum Gasteiger partial charge on any atom is 0.401 e. The lowest BCUT2D eigenvalue weighted by molar-refractivity contribution is -0.157. The number of benzene rings is 1. The third kappa shape index (κ3) is 4.85. The van der Waals surface area contributed by atoms with Gasteiger partial charge >= 0.3 is 12.1 Å². The summed E-state index contributed by atoms with van der Waals surface area (Å²) in [7, 11) is 0. The Kier molecular flexibility index (Phi) is 5.68. The zero-order valence-corrected chi connectivity index (χ0v) is 11.9. The summed E-state index contributed by atoms with van der Waals surface area (Å²) >= 11 is 11.8. The first kappa shape index (κ1) is 17.1. The first-order chi connectivity index (χ1) is 9.11. The van der Waals surface area contributed by atoms with Crippen molar-refractivity contribution in [2.75, 3.05) is 13.1 Å². The molecule has 0 aliphatic rings. The molecule has 20 heavy (non-hydrogen) atoms. The van der Waals surface area contributed by atoms with Crippen LogP contribution in [0.25, 0.3) is 0 Å². The SMILES string of the molecule is CC(c1cccc(Cl)c1Cl)N(CC(=O)O)CC(F)(F)F. The molecular formula is C12H12Cl2F3NO2. The second-order valence-corrected chi connectivity index (χ2v) is 5.02. The van der Waals surface area contributed by atoms with E-state index in [1.807, 2.05) is 0 Å². The van der Waals surface area contributed by atoms with E-state index in [-0.39, 0.29) is 10.0 Å². The molecule has 0 amide bonds. The number of carbonyl (C=O) groups is 1. The molecule has 0 aliphatic carbocycles. The van der Waals surface area contributed by atoms with E-state index in [4.69, 9.17) is 28.3 Å². The van der Waals surface area contributed by atoms with Crippen LogP contribution in [0.15, 0.2) is 18.2 Å². The van der Waals surface area contributed by atoms with Crippen molar-refractivity contribution in [3.63, 3.8) is 0 Å². The predicted octanol–water partition coefficient (Wildman–Crippen LogP) is 4.00. The number of halogens is 5. The number of hydrogen-bond acceptors (Lipinski definition) is 2. The normalized spacial score (nSPS) is 13.6. The highest BCUT2D eigenvalue weighted by Gasteiger charge is 2.34. The minimum atomic E-state index is -4.51. The maximum absolute atomic E-state index is 12.5. The van der Waals surface area contributed by atoms with Crippen molar-refractivity contribution >= 4 is 29.2 Å². The van der Waals surface area contributed by atoms with Crippen LogP contribution in [0.5, 0.6) is 0 Å². The molecule has 1 rings (SSSR count). The van der Waals surface area contributed by atoms with Crippen LogP contribution in [0.4, 0.5) is 13.2 Å². The molecular weight excluding hydrogens is 318 g/mol. The van der Waals surface area contributed by atoms with Crippen molar-refractivity contribution in [1.82, 2.24) is 4.90 Å². The van der Waals surface area contributed by atoms with Crippen LogP contribution >= 0.6 is 23.2 Å². The van der Waals surface area contributed by atoms with Crippen LogP contribution in [-0.4, -0.2) is 35.2 Å². The van der Waals surface area contributed by atoms with Gasteiger partial charge in [0.15, 0.2) is 0 Å². The Bertz CT molecular complexity index is 494. The van der Waals surface area contributed by atoms with E-state index in [0.29, 0.717) is 5.56 Å². The third-order valence-corrected chi connectivity index (χ3v) is 3.53. The molecule has 0 bridgehead atoms. The quantitative estimate of drug-likeness (QED) is 0.887. The molecule has 112 valence electrons. The Morgan fingerprint density at radius 2 is 2.00 bits per heavy atom. The van der Waals surface area contributed by atoms with Crippen molar-refractivity contribution in [3.05, 3.63) is 33.8 Å². The second kappa shape index (κ2) is 6.65. The van der Waals surface area contributed by atoms with Crippen LogP contribution in [0.2, 0.25) is 10.0 Å². The number of aliphatic carboxylic acids is 1. The second-order valence-electron chi connectivity index (χ2n) is 4.23. The molecule has 0 radical (unpaired) electrons. The molecule has 0 aliphatic heterocycles. The highest BCUT2D eigenvalue weighted by atomic mass is 35.5. The average Bonchev–Trinajstić information content (AvgIpc) is 2.28. The number of hydrogen-bond donors (Lipinski definition) is 1. The highest BCUT2D eigenvalue weighted by Crippen LogP contribution is 2.33. The van der Waals surface area contributed by atoms with E-state index >= 15 is 0 Å². The van der Waals surface area contributed by atoms with Crippen LogP contribution < -0.4 is 0 Å². The number of carboxylic acids is 1. The van der Waals surface area contributed by atoms with E-state index in [9.17, 15) is 18.0 Å². The van der Waals surface area contributed by atoms with Crippen LogP contribution in [0.3, 0.4) is 0 Å². The molecule has 0 saturated heterocycles. The molecule has 1 unspecified atom stereocenters. The van der Waals surface area contributed by atoms with Crippen molar-refractivity contribution < 1.29 is 23.1 Å². The Balaban J connectivity index is 3.06. The van der Waals surface area contributed by atoms with Crippen molar-refractivity contribution in [2.24, 2.45) is 0 Å². The first-order valence-corrected chi connectivity index (χ1v) is 6.34. The van der Waals surface area contributed by atoms with Gasteiger partial charge in [-0.3, -0.25) is 9.69 Å². The Labute approximate surface area is 123 Å². The molecule has 0 saturated carbocycles. The van der Waals surface area contributed by atoms with E-state index in [1.54, 1.807) is 6.07 Å². The maximum atomic E-state index is 12.5. The summed E-state index contributed by atoms with van der Waals surface area (Å²) in [5.41, 5.74) is 0.352. The van der Waals surface area contributed by atoms with Crippen LogP contribution in [0.1, 0.15) is 18.5 Å². The molecule has 1 atom stereocenters. The lowest BCUT2D eigenvalue weighted by atomic mass is 10.1. The molecule has 3 nitrogen and oxygen atoms in total. The van der Waals surface area contributed by atoms with Gasteiger partial charge in [-0.15, -0.1) is 0 Å². The van der Waals surface area contributed by atoms with Crippen molar-refractivity contribution in [1.29, 1.82) is 0 Å². The van der Waals surface area contributed by atoms with Gasteiger partial charge < -0.3 is 5.11 Å². The molecule has 0 fully saturated rings. The zero-order chi connectivity index (χ0) is 15.5. The van der Waals surface area contributed by atoms with E-state index < -0.39 is 31.3 Å². The van der Waals surface area contributed by atoms with Gasteiger partial charge in [0.2, 0.25) is 0 Å². The van der Waals surface area contributed by atoms with Crippen LogP contribution in [0, 0.1) is 0 Å². The minimum Gasteiger partial charge on any atom is -0.480 e. The Hall–Kier alpha value is -0.980. The van der Waals surface area contributed by atoms with Crippen LogP contribution in [-0.2, 0) is 4.79 Å². The summed E-state index contributed by atoms with van der Waals surface area (Å²) in [4.78, 5) is 11.5. The minimum absolute atomic E-state index is 0.124. The smallest absolute Gasteiger partial charge is 0.401 e. The van der Waals surface area contributed by atoms with Gasteiger partial charge in [-0.1, -0.05) is 35.3 Å². The summed E-state index contributed by atoms with van der Waals surface area (Å²) in [6.45, 7) is -0.640. The molecule has 0 heterocycles. The summed E-state index contributed by atoms with van der Waals surface area (Å²) in [5, 5.41) is 9.06. The van der Waals surface area contributed by atoms with Crippen molar-refractivity contribution in [2.45, 2.75) is 19.1 Å². The fourth-order valence-electron chi connectivity index (χ4n) is 1.77. The molecule has 1 aromatic carbocycles. The topological polar surface area (TPSA) is 40.5 Å². The van der Waals surface area contributed by atoms with Gasteiger partial charge in [0.25, 0.3) is 0 Å². The molecule has 0 aromatic heterocycles. The van der Waals surface area contributed by atoms with Gasteiger partial charge in [-0.05, 0) is 18.6 Å². The van der Waals surface area contributed by atoms with E-state index in [0.717, 1.165) is 4.90 Å². The highest BCUT2D eigenvalue weighted by molar-refractivity contribution is 6.42. The van der Waals surface area contributed by atoms with E-state index in [2.05, 4.69) is 0 Å². The number of nitrogens with zero attached hydrogens (tertiary/aromatic N) is 1. The summed E-state index contributed by atoms with van der Waals surface area (Å²) in [6.07, 6.45) is -4.51. The Morgan fingerprint density at radius 1 is 1.40 bits per heavy atom. The number of carboxylic acid groups (broad SMARTS) is 1. The van der Waals surface area contributed by atoms with Gasteiger partial charge in [0.05, 0.1) is 23.1 Å². The summed E-state index contributed by atoms with van der Waals surface area (Å²) in [5.74, 6) is -1.35. The van der Waals surface area contributed by atoms with Gasteiger partial charge in [-0.2, -0.15) is 13.2 Å². The van der Waals surface area contributed by atoms with E-state index in [1.165, 1.54) is 19.1 Å². The lowest BCUT2D eigenvalue weighted by Gasteiger charge is -2.29. The van der Waals surface area contributed by atoms with Crippen molar-refractivity contribution in [3.8, 4) is 0 Å². The predicted molar refractivity (Wildman–Crippen MR) is 70.1 cm³/mol. The standard InChI is InChI=1S/C12H12Cl2F3NO2/c1-7(8-3-2-4-9(13)11(8)14)18(5-10(19)20)6-12(15,16)17/h2-4,7H,5-6H2,1H3,(H,19,20). The fraction of sp³-hybridized carbons (Fsp3) is 0.417. The summed E-state index contributed by atoms with van der Waals surface area (Å²) in [6, 6.07) is 3.74. The molecule has 0 spiro atoms. The van der Waals surface area contributed by atoms with Gasteiger partial charge in [0.1, 0.15) is 0 Å². The average molecular weight is 330 g/mol. The lowest BCUT2D eigenvalue weighted by Crippen LogP contribution is -2.39. The monoisotopic (exact) mass is 329 g/mol. The third-order valence-electron chi connectivity index (χ3n) is 2.70. The number of rotatable bonds is 5. The molecule has 1 aromatic rings. The Morgan fingerprint density at radius 3 is 2.50 bits per heavy atom. The fourth-order valence-corrected chi connectivity index (χ4v) is 2.24. The zero-order valence-electron chi connectivity index (χ0n) is 10.4.